The first-order valence-electron chi connectivity index (χ1n) is 5.94. The van der Waals surface area contributed by atoms with Gasteiger partial charge in [0.25, 0.3) is 5.91 Å². The summed E-state index contributed by atoms with van der Waals surface area (Å²) < 4.78 is 23.0. The van der Waals surface area contributed by atoms with Crippen molar-refractivity contribution in [1.82, 2.24) is 0 Å². The quantitative estimate of drug-likeness (QED) is 0.849. The first-order chi connectivity index (χ1) is 9.77. The second-order valence-corrected chi connectivity index (χ2v) is 6.91. The van der Waals surface area contributed by atoms with E-state index >= 15 is 0 Å². The molecule has 2 aromatic rings. The summed E-state index contributed by atoms with van der Waals surface area (Å²) in [5.74, 6) is -0.400. The summed E-state index contributed by atoms with van der Waals surface area (Å²) in [5, 5.41) is 2.84. The Morgan fingerprint density at radius 2 is 1.76 bits per heavy atom. The summed E-state index contributed by atoms with van der Waals surface area (Å²) in [4.78, 5) is 12.2. The fourth-order valence-corrected chi connectivity index (χ4v) is 2.47. The Labute approximate surface area is 127 Å². The van der Waals surface area contributed by atoms with E-state index in [1.54, 1.807) is 24.3 Å². The van der Waals surface area contributed by atoms with Crippen LogP contribution in [-0.4, -0.2) is 20.6 Å². The van der Waals surface area contributed by atoms with Gasteiger partial charge in [-0.05, 0) is 42.5 Å². The van der Waals surface area contributed by atoms with Gasteiger partial charge >= 0.3 is 0 Å². The number of anilines is 2. The van der Waals surface area contributed by atoms with Gasteiger partial charge in [0.15, 0.2) is 9.84 Å². The Balaban J connectivity index is 2.31. The van der Waals surface area contributed by atoms with Crippen molar-refractivity contribution >= 4 is 38.7 Å². The average Bonchev–Trinajstić information content (AvgIpc) is 2.40. The van der Waals surface area contributed by atoms with Crippen LogP contribution in [0.1, 0.15) is 10.4 Å². The van der Waals surface area contributed by atoms with Gasteiger partial charge in [-0.3, -0.25) is 4.79 Å². The van der Waals surface area contributed by atoms with E-state index < -0.39 is 15.7 Å². The molecule has 1 amide bonds. The highest BCUT2D eigenvalue weighted by Crippen LogP contribution is 2.25. The standard InChI is InChI=1S/C14H13ClN2O3S/c1-21(19,20)11-6-7-12(15)13(8-11)17-14(18)9-2-4-10(16)5-3-9/h2-8H,16H2,1H3,(H,17,18). The van der Waals surface area contributed by atoms with Crippen LogP contribution >= 0.6 is 11.6 Å². The third-order valence-corrected chi connectivity index (χ3v) is 4.23. The van der Waals surface area contributed by atoms with Crippen molar-refractivity contribution in [3.63, 3.8) is 0 Å². The average molecular weight is 325 g/mol. The molecule has 0 aliphatic carbocycles. The number of benzene rings is 2. The Hall–Kier alpha value is -2.05. The van der Waals surface area contributed by atoms with E-state index in [1.165, 1.54) is 18.2 Å². The van der Waals surface area contributed by atoms with Gasteiger partial charge in [-0.15, -0.1) is 0 Å². The van der Waals surface area contributed by atoms with Gasteiger partial charge in [-0.25, -0.2) is 8.42 Å². The van der Waals surface area contributed by atoms with E-state index in [4.69, 9.17) is 17.3 Å². The number of carbonyl (C=O) groups is 1. The molecule has 0 aliphatic heterocycles. The highest BCUT2D eigenvalue weighted by Gasteiger charge is 2.13. The predicted molar refractivity (Wildman–Crippen MR) is 83.4 cm³/mol. The van der Waals surface area contributed by atoms with Crippen LogP contribution in [0.4, 0.5) is 11.4 Å². The van der Waals surface area contributed by atoms with Gasteiger partial charge in [0.2, 0.25) is 0 Å². The number of hydrogen-bond acceptors (Lipinski definition) is 4. The summed E-state index contributed by atoms with van der Waals surface area (Å²) in [5.41, 5.74) is 6.73. The van der Waals surface area contributed by atoms with E-state index in [1.807, 2.05) is 0 Å². The number of rotatable bonds is 3. The van der Waals surface area contributed by atoms with Crippen LogP contribution in [0.15, 0.2) is 47.4 Å². The van der Waals surface area contributed by atoms with Gasteiger partial charge < -0.3 is 11.1 Å². The first kappa shape index (κ1) is 15.3. The smallest absolute Gasteiger partial charge is 0.255 e. The van der Waals surface area contributed by atoms with Crippen LogP contribution in [-0.2, 0) is 9.84 Å². The molecule has 0 aliphatic rings. The predicted octanol–water partition coefficient (Wildman–Crippen LogP) is 2.58. The summed E-state index contributed by atoms with van der Waals surface area (Å²) >= 11 is 5.97. The van der Waals surface area contributed by atoms with Crippen molar-refractivity contribution < 1.29 is 13.2 Å². The van der Waals surface area contributed by atoms with Gasteiger partial charge in [-0.1, -0.05) is 11.6 Å². The van der Waals surface area contributed by atoms with E-state index in [0.717, 1.165) is 6.26 Å². The second-order valence-electron chi connectivity index (χ2n) is 4.49. The maximum atomic E-state index is 12.1. The zero-order chi connectivity index (χ0) is 15.6. The molecular formula is C14H13ClN2O3S. The van der Waals surface area contributed by atoms with Gasteiger partial charge in [0.1, 0.15) is 0 Å². The van der Waals surface area contributed by atoms with Crippen LogP contribution in [0.3, 0.4) is 0 Å². The fourth-order valence-electron chi connectivity index (χ4n) is 1.66. The van der Waals surface area contributed by atoms with Crippen molar-refractivity contribution in [3.8, 4) is 0 Å². The molecule has 5 nitrogen and oxygen atoms in total. The van der Waals surface area contributed by atoms with Crippen LogP contribution in [0.5, 0.6) is 0 Å². The molecule has 0 fully saturated rings. The lowest BCUT2D eigenvalue weighted by Crippen LogP contribution is -2.12. The number of halogens is 1. The fraction of sp³-hybridized carbons (Fsp3) is 0.0714. The molecule has 0 heterocycles. The third kappa shape index (κ3) is 3.74. The van der Waals surface area contributed by atoms with Crippen LogP contribution in [0, 0.1) is 0 Å². The molecule has 0 unspecified atom stereocenters. The molecule has 0 radical (unpaired) electrons. The van der Waals surface area contributed by atoms with Crippen molar-refractivity contribution in [1.29, 1.82) is 0 Å². The summed E-state index contributed by atoms with van der Waals surface area (Å²) in [6.45, 7) is 0. The molecule has 0 saturated heterocycles. The summed E-state index contributed by atoms with van der Waals surface area (Å²) in [6, 6.07) is 10.5. The molecule has 0 bridgehead atoms. The van der Waals surface area contributed by atoms with E-state index in [-0.39, 0.29) is 15.6 Å². The molecule has 2 aromatic carbocycles. The molecule has 2 rings (SSSR count). The first-order valence-corrected chi connectivity index (χ1v) is 8.21. The molecule has 0 aromatic heterocycles. The number of amides is 1. The monoisotopic (exact) mass is 324 g/mol. The molecule has 0 atom stereocenters. The Kier molecular flexibility index (Phi) is 4.20. The number of nitrogens with one attached hydrogen (secondary N) is 1. The molecule has 0 spiro atoms. The van der Waals surface area contributed by atoms with E-state index in [9.17, 15) is 13.2 Å². The summed E-state index contributed by atoms with van der Waals surface area (Å²) in [6.07, 6.45) is 1.09. The maximum absolute atomic E-state index is 12.1. The van der Waals surface area contributed by atoms with Crippen molar-refractivity contribution in [2.24, 2.45) is 0 Å². The van der Waals surface area contributed by atoms with E-state index in [0.29, 0.717) is 11.3 Å². The highest BCUT2D eigenvalue weighted by molar-refractivity contribution is 7.90. The lowest BCUT2D eigenvalue weighted by molar-refractivity contribution is 0.102. The molecular weight excluding hydrogens is 312 g/mol. The summed E-state index contributed by atoms with van der Waals surface area (Å²) in [7, 11) is -3.37. The second kappa shape index (κ2) is 5.75. The SMILES string of the molecule is CS(=O)(=O)c1ccc(Cl)c(NC(=O)c2ccc(N)cc2)c1. The topological polar surface area (TPSA) is 89.3 Å². The lowest BCUT2D eigenvalue weighted by atomic mass is 10.2. The number of nitrogens with two attached hydrogens (primary N) is 1. The minimum absolute atomic E-state index is 0.0829. The van der Waals surface area contributed by atoms with Gasteiger partial charge in [0, 0.05) is 17.5 Å². The minimum Gasteiger partial charge on any atom is -0.399 e. The Bertz CT molecular complexity index is 786. The maximum Gasteiger partial charge on any atom is 0.255 e. The molecule has 110 valence electrons. The zero-order valence-corrected chi connectivity index (χ0v) is 12.7. The van der Waals surface area contributed by atoms with Gasteiger partial charge in [-0.2, -0.15) is 0 Å². The number of sulfone groups is 1. The lowest BCUT2D eigenvalue weighted by Gasteiger charge is -2.09. The van der Waals surface area contributed by atoms with Crippen molar-refractivity contribution in [2.75, 3.05) is 17.3 Å². The van der Waals surface area contributed by atoms with E-state index in [2.05, 4.69) is 5.32 Å². The zero-order valence-electron chi connectivity index (χ0n) is 11.1. The normalized spacial score (nSPS) is 11.1. The van der Waals surface area contributed by atoms with Crippen molar-refractivity contribution in [3.05, 3.63) is 53.1 Å². The van der Waals surface area contributed by atoms with Gasteiger partial charge in [0.05, 0.1) is 15.6 Å². The Morgan fingerprint density at radius 1 is 1.14 bits per heavy atom. The molecule has 3 N–H and O–H groups in total. The third-order valence-electron chi connectivity index (χ3n) is 2.79. The molecule has 0 saturated carbocycles. The molecule has 21 heavy (non-hydrogen) atoms. The highest BCUT2D eigenvalue weighted by atomic mass is 35.5. The number of carbonyl (C=O) groups excluding carboxylic acids is 1. The Morgan fingerprint density at radius 3 is 2.33 bits per heavy atom. The largest absolute Gasteiger partial charge is 0.399 e. The van der Waals surface area contributed by atoms with Crippen LogP contribution < -0.4 is 11.1 Å². The number of hydrogen-bond donors (Lipinski definition) is 2. The minimum atomic E-state index is -3.37. The van der Waals surface area contributed by atoms with Crippen molar-refractivity contribution in [2.45, 2.75) is 4.90 Å². The van der Waals surface area contributed by atoms with Crippen LogP contribution in [0.2, 0.25) is 5.02 Å². The molecule has 7 heteroatoms. The number of nitrogen functional groups attached to an aromatic ring is 1. The van der Waals surface area contributed by atoms with Crippen LogP contribution in [0.25, 0.3) is 0 Å².